The maximum absolute atomic E-state index is 13.5. The number of anilines is 3. The lowest BCUT2D eigenvalue weighted by molar-refractivity contribution is -0.119. The summed E-state index contributed by atoms with van der Waals surface area (Å²) >= 11 is 0. The molecular weight excluding hydrogens is 506 g/mol. The smallest absolute Gasteiger partial charge is 0.335 e. The van der Waals surface area contributed by atoms with Gasteiger partial charge in [0.2, 0.25) is 5.91 Å². The molecule has 1 saturated heterocycles. The lowest BCUT2D eigenvalue weighted by atomic mass is 9.98. The molecule has 9 nitrogen and oxygen atoms in total. The van der Waals surface area contributed by atoms with Crippen molar-refractivity contribution in [3.05, 3.63) is 89.5 Å². The number of piperazine rings is 1. The fourth-order valence-corrected chi connectivity index (χ4v) is 5.04. The van der Waals surface area contributed by atoms with Gasteiger partial charge in [0.1, 0.15) is 0 Å². The first kappa shape index (κ1) is 27.1. The molecule has 3 aromatic carbocycles. The molecule has 0 radical (unpaired) electrons. The van der Waals surface area contributed by atoms with E-state index in [1.807, 2.05) is 54.6 Å². The normalized spacial score (nSPS) is 17.0. The second-order valence-corrected chi connectivity index (χ2v) is 10.2. The Balaban J connectivity index is 1.44. The highest BCUT2D eigenvalue weighted by Crippen LogP contribution is 2.41. The van der Waals surface area contributed by atoms with Gasteiger partial charge in [-0.1, -0.05) is 30.3 Å². The minimum absolute atomic E-state index is 0.0304. The zero-order chi connectivity index (χ0) is 28.4. The summed E-state index contributed by atoms with van der Waals surface area (Å²) in [7, 11) is 5.55. The summed E-state index contributed by atoms with van der Waals surface area (Å²) in [6.07, 6.45) is 0. The van der Waals surface area contributed by atoms with Crippen molar-refractivity contribution in [2.75, 3.05) is 69.0 Å². The Bertz CT molecular complexity index is 1460. The van der Waals surface area contributed by atoms with Gasteiger partial charge in [0.15, 0.2) is 0 Å². The predicted molar refractivity (Wildman–Crippen MR) is 157 cm³/mol. The molecule has 0 bridgehead atoms. The number of nitrogens with one attached hydrogen (secondary N) is 1. The summed E-state index contributed by atoms with van der Waals surface area (Å²) in [6.45, 7) is 4.04. The van der Waals surface area contributed by atoms with Gasteiger partial charge >= 0.3 is 5.97 Å². The Kier molecular flexibility index (Phi) is 7.68. The third-order valence-corrected chi connectivity index (χ3v) is 7.56. The largest absolute Gasteiger partial charge is 0.478 e. The Hall–Kier alpha value is -4.47. The van der Waals surface area contributed by atoms with Crippen molar-refractivity contribution in [2.45, 2.75) is 0 Å². The molecule has 2 aliphatic rings. The van der Waals surface area contributed by atoms with Gasteiger partial charge in [0.25, 0.3) is 5.91 Å². The molecular formula is C31H33N5O4. The predicted octanol–water partition coefficient (Wildman–Crippen LogP) is 3.55. The van der Waals surface area contributed by atoms with E-state index in [2.05, 4.69) is 22.2 Å². The van der Waals surface area contributed by atoms with Crippen LogP contribution in [-0.4, -0.2) is 86.6 Å². The molecule has 2 aliphatic heterocycles. The molecule has 5 rings (SSSR count). The van der Waals surface area contributed by atoms with Gasteiger partial charge in [-0.25, -0.2) is 4.79 Å². The van der Waals surface area contributed by atoms with E-state index >= 15 is 0 Å². The summed E-state index contributed by atoms with van der Waals surface area (Å²) in [5.74, 6) is -1.25. The number of carbonyl (C=O) groups is 3. The summed E-state index contributed by atoms with van der Waals surface area (Å²) in [5, 5.41) is 13.0. The maximum Gasteiger partial charge on any atom is 0.335 e. The first-order valence-electron chi connectivity index (χ1n) is 13.2. The Morgan fingerprint density at radius 2 is 1.57 bits per heavy atom. The number of amides is 2. The van der Waals surface area contributed by atoms with Gasteiger partial charge in [0.05, 0.1) is 29.1 Å². The van der Waals surface area contributed by atoms with Crippen LogP contribution in [0.2, 0.25) is 0 Å². The van der Waals surface area contributed by atoms with Crippen LogP contribution in [0.1, 0.15) is 21.5 Å². The van der Waals surface area contributed by atoms with Crippen molar-refractivity contribution in [3.8, 4) is 0 Å². The summed E-state index contributed by atoms with van der Waals surface area (Å²) in [6, 6.07) is 21.7. The number of hydrogen-bond donors (Lipinski definition) is 2. The lowest BCUT2D eigenvalue weighted by Gasteiger charge is -2.32. The molecule has 0 spiro atoms. The van der Waals surface area contributed by atoms with E-state index in [0.717, 1.165) is 43.1 Å². The number of nitrogens with zero attached hydrogens (tertiary/aromatic N) is 4. The van der Waals surface area contributed by atoms with Crippen molar-refractivity contribution >= 4 is 46.1 Å². The second kappa shape index (κ2) is 11.3. The van der Waals surface area contributed by atoms with Gasteiger partial charge in [-0.3, -0.25) is 14.5 Å². The third kappa shape index (κ3) is 5.47. The highest BCUT2D eigenvalue weighted by Gasteiger charge is 2.34. The van der Waals surface area contributed by atoms with Crippen molar-refractivity contribution in [3.63, 3.8) is 0 Å². The molecule has 0 aromatic heterocycles. The van der Waals surface area contributed by atoms with Crippen molar-refractivity contribution in [1.29, 1.82) is 0 Å². The molecule has 3 aromatic rings. The fourth-order valence-electron chi connectivity index (χ4n) is 5.04. The van der Waals surface area contributed by atoms with E-state index < -0.39 is 5.97 Å². The van der Waals surface area contributed by atoms with Crippen LogP contribution < -0.4 is 15.1 Å². The molecule has 40 heavy (non-hydrogen) atoms. The van der Waals surface area contributed by atoms with E-state index in [9.17, 15) is 19.5 Å². The van der Waals surface area contributed by atoms with Crippen molar-refractivity contribution in [1.82, 2.24) is 9.80 Å². The number of rotatable bonds is 7. The van der Waals surface area contributed by atoms with E-state index in [0.29, 0.717) is 29.1 Å². The monoisotopic (exact) mass is 539 g/mol. The first-order valence-corrected chi connectivity index (χ1v) is 13.2. The Labute approximate surface area is 233 Å². The van der Waals surface area contributed by atoms with Crippen LogP contribution in [0.3, 0.4) is 0 Å². The highest BCUT2D eigenvalue weighted by molar-refractivity contribution is 6.38. The summed E-state index contributed by atoms with van der Waals surface area (Å²) in [4.78, 5) is 45.7. The van der Waals surface area contributed by atoms with E-state index in [4.69, 9.17) is 0 Å². The van der Waals surface area contributed by atoms with Gasteiger partial charge in [-0.15, -0.1) is 0 Å². The van der Waals surface area contributed by atoms with E-state index in [-0.39, 0.29) is 17.4 Å². The molecule has 1 fully saturated rings. The molecule has 2 N–H and O–H groups in total. The zero-order valence-corrected chi connectivity index (χ0v) is 22.9. The van der Waals surface area contributed by atoms with Crippen LogP contribution in [0.4, 0.5) is 17.1 Å². The van der Waals surface area contributed by atoms with Crippen LogP contribution >= 0.6 is 0 Å². The average molecular weight is 540 g/mol. The average Bonchev–Trinajstić information content (AvgIpc) is 3.22. The number of likely N-dealkylation sites (N-methyl/N-ethyl adjacent to an activating group) is 3. The molecule has 206 valence electrons. The van der Waals surface area contributed by atoms with Crippen LogP contribution in [0.15, 0.2) is 72.8 Å². The van der Waals surface area contributed by atoms with E-state index in [1.165, 1.54) is 11.0 Å². The van der Waals surface area contributed by atoms with Gasteiger partial charge < -0.3 is 25.1 Å². The molecule has 9 heteroatoms. The highest BCUT2D eigenvalue weighted by atomic mass is 16.4. The molecule has 0 saturated carbocycles. The Morgan fingerprint density at radius 3 is 2.23 bits per heavy atom. The number of carboxylic acid groups (broad SMARTS) is 1. The molecule has 0 unspecified atom stereocenters. The van der Waals surface area contributed by atoms with Crippen molar-refractivity contribution in [2.24, 2.45) is 0 Å². The minimum Gasteiger partial charge on any atom is -0.478 e. The van der Waals surface area contributed by atoms with Crippen LogP contribution in [0, 0.1) is 0 Å². The van der Waals surface area contributed by atoms with Gasteiger partial charge in [-0.2, -0.15) is 0 Å². The summed E-state index contributed by atoms with van der Waals surface area (Å²) < 4.78 is 0. The second-order valence-electron chi connectivity index (χ2n) is 10.2. The number of carboxylic acids is 1. The zero-order valence-electron chi connectivity index (χ0n) is 22.9. The Morgan fingerprint density at radius 1 is 0.900 bits per heavy atom. The van der Waals surface area contributed by atoms with Crippen LogP contribution in [0.5, 0.6) is 0 Å². The van der Waals surface area contributed by atoms with Gasteiger partial charge in [0, 0.05) is 57.2 Å². The quantitative estimate of drug-likeness (QED) is 0.444. The minimum atomic E-state index is -1.06. The summed E-state index contributed by atoms with van der Waals surface area (Å²) in [5.41, 5.74) is 4.58. The number of hydrogen-bond acceptors (Lipinski definition) is 6. The molecule has 2 heterocycles. The number of benzene rings is 3. The standard InChI is InChI=1S/C31H33N5O4/c1-33-15-17-36(18-16-33)20-27(37)34(2)24-12-10-23(11-13-24)32-29(21-7-5-4-6-8-21)28-25-19-22(31(39)40)9-14-26(25)35(3)30(28)38/h4-14,19,32H,15-18,20H2,1-3H3,(H,39,40). The fraction of sp³-hybridized carbons (Fsp3) is 0.258. The first-order chi connectivity index (χ1) is 19.2. The number of aromatic carboxylic acids is 1. The topological polar surface area (TPSA) is 96.4 Å². The van der Waals surface area contributed by atoms with Crippen LogP contribution in [-0.2, 0) is 9.59 Å². The third-order valence-electron chi connectivity index (χ3n) is 7.56. The van der Waals surface area contributed by atoms with E-state index in [1.54, 1.807) is 31.1 Å². The molecule has 0 aliphatic carbocycles. The van der Waals surface area contributed by atoms with Crippen molar-refractivity contribution < 1.29 is 19.5 Å². The number of carbonyl (C=O) groups excluding carboxylic acids is 2. The SMILES string of the molecule is CN1CCN(CC(=O)N(C)c2ccc(NC(=C3C(=O)N(C)c4ccc(C(=O)O)cc43)c3ccccc3)cc2)CC1. The molecule has 2 amide bonds. The van der Waals surface area contributed by atoms with Gasteiger partial charge in [-0.05, 0) is 55.1 Å². The molecule has 0 atom stereocenters. The van der Waals surface area contributed by atoms with Crippen LogP contribution in [0.25, 0.3) is 11.3 Å². The maximum atomic E-state index is 13.5. The lowest BCUT2D eigenvalue weighted by Crippen LogP contribution is -2.48. The number of fused-ring (bicyclic) bond motifs is 1.